The molecule has 1 unspecified atom stereocenters. The van der Waals surface area contributed by atoms with Gasteiger partial charge in [-0.2, -0.15) is 35.7 Å². The first-order chi connectivity index (χ1) is 13.8. The zero-order valence-corrected chi connectivity index (χ0v) is 16.0. The first-order valence-electron chi connectivity index (χ1n) is 8.21. The van der Waals surface area contributed by atoms with E-state index in [1.54, 1.807) is 0 Å². The van der Waals surface area contributed by atoms with Crippen LogP contribution in [0.4, 0.5) is 32.0 Å². The number of aromatic nitrogens is 2. The third kappa shape index (κ3) is 5.38. The van der Waals surface area contributed by atoms with E-state index in [0.29, 0.717) is 5.56 Å². The molecule has 5 nitrogen and oxygen atoms in total. The molecule has 0 spiro atoms. The minimum Gasteiger partial charge on any atom is -0.329 e. The summed E-state index contributed by atoms with van der Waals surface area (Å²) in [6.07, 6.45) is -7.86. The average Bonchev–Trinajstić information content (AvgIpc) is 3.12. The molecule has 0 amide bonds. The van der Waals surface area contributed by atoms with E-state index in [2.05, 4.69) is 19.0 Å². The average molecular weight is 449 g/mol. The number of benzene rings is 2. The van der Waals surface area contributed by atoms with Gasteiger partial charge in [0.15, 0.2) is 0 Å². The summed E-state index contributed by atoms with van der Waals surface area (Å²) in [6.45, 7) is 0. The van der Waals surface area contributed by atoms with E-state index in [-0.39, 0.29) is 22.8 Å². The van der Waals surface area contributed by atoms with Gasteiger partial charge in [0.1, 0.15) is 0 Å². The highest BCUT2D eigenvalue weighted by Crippen LogP contribution is 2.31. The van der Waals surface area contributed by atoms with E-state index in [0.717, 1.165) is 12.1 Å². The van der Waals surface area contributed by atoms with Crippen molar-refractivity contribution in [3.8, 4) is 11.4 Å². The van der Waals surface area contributed by atoms with Crippen molar-refractivity contribution in [2.24, 2.45) is 4.36 Å². The van der Waals surface area contributed by atoms with Gasteiger partial charge in [0.2, 0.25) is 5.82 Å². The van der Waals surface area contributed by atoms with Crippen LogP contribution in [0.2, 0.25) is 0 Å². The summed E-state index contributed by atoms with van der Waals surface area (Å²) in [4.78, 5) is 3.27. The largest absolute Gasteiger partial charge is 0.471 e. The van der Waals surface area contributed by atoms with Crippen LogP contribution in [0.25, 0.3) is 11.4 Å². The molecule has 0 N–H and O–H groups in total. The van der Waals surface area contributed by atoms with Crippen molar-refractivity contribution in [2.75, 3.05) is 6.26 Å². The minimum absolute atomic E-state index is 0.0767. The fourth-order valence-electron chi connectivity index (χ4n) is 2.48. The minimum atomic E-state index is -4.76. The molecule has 2 aromatic carbocycles. The highest BCUT2D eigenvalue weighted by atomic mass is 32.2. The molecule has 0 aliphatic rings. The molecule has 3 rings (SSSR count). The summed E-state index contributed by atoms with van der Waals surface area (Å²) in [5.41, 5.74) is 0.120. The summed E-state index contributed by atoms with van der Waals surface area (Å²) in [6, 6.07) is 9.87. The van der Waals surface area contributed by atoms with Gasteiger partial charge in [-0.05, 0) is 42.0 Å². The third-order valence-electron chi connectivity index (χ3n) is 3.81. The first kappa shape index (κ1) is 21.8. The predicted molar refractivity (Wildman–Crippen MR) is 96.0 cm³/mol. The number of hydrogen-bond acceptors (Lipinski definition) is 5. The van der Waals surface area contributed by atoms with Crippen molar-refractivity contribution in [2.45, 2.75) is 18.1 Å². The molecule has 0 saturated carbocycles. The Morgan fingerprint density at radius 3 is 2.03 bits per heavy atom. The molecule has 0 aliphatic heterocycles. The fourth-order valence-corrected chi connectivity index (χ4v) is 3.92. The van der Waals surface area contributed by atoms with Crippen LogP contribution >= 0.6 is 0 Å². The van der Waals surface area contributed by atoms with Crippen molar-refractivity contribution in [3.05, 3.63) is 65.5 Å². The Bertz CT molecular complexity index is 1140. The van der Waals surface area contributed by atoms with Crippen LogP contribution in [-0.2, 0) is 27.8 Å². The standard InChI is InChI=1S/C18H13F6N3O2S/c1-30(28,10-11-2-6-13(7-3-11)17(19,20)21)27-14-8-4-12(5-9-14)15-25-16(29-26-15)18(22,23)24/h2-9H,10H2,1H3. The summed E-state index contributed by atoms with van der Waals surface area (Å²) in [5.74, 6) is -1.82. The Kier molecular flexibility index (Phi) is 5.63. The van der Waals surface area contributed by atoms with Gasteiger partial charge in [-0.25, -0.2) is 4.21 Å². The monoisotopic (exact) mass is 449 g/mol. The van der Waals surface area contributed by atoms with Gasteiger partial charge in [-0.1, -0.05) is 17.3 Å². The second kappa shape index (κ2) is 7.74. The molecule has 0 fully saturated rings. The summed E-state index contributed by atoms with van der Waals surface area (Å²) >= 11 is 0. The van der Waals surface area contributed by atoms with E-state index < -0.39 is 33.5 Å². The molecule has 0 bridgehead atoms. The SMILES string of the molecule is CS(=O)(Cc1ccc(C(F)(F)F)cc1)=Nc1ccc(-c2noc(C(F)(F)F)n2)cc1. The molecule has 30 heavy (non-hydrogen) atoms. The van der Waals surface area contributed by atoms with Crippen molar-refractivity contribution in [1.29, 1.82) is 0 Å². The lowest BCUT2D eigenvalue weighted by Gasteiger charge is -2.08. The molecule has 3 aromatic rings. The lowest BCUT2D eigenvalue weighted by Crippen LogP contribution is -2.06. The van der Waals surface area contributed by atoms with Gasteiger partial charge >= 0.3 is 18.2 Å². The van der Waals surface area contributed by atoms with E-state index >= 15 is 0 Å². The van der Waals surface area contributed by atoms with Gasteiger partial charge in [0.05, 0.1) is 26.7 Å². The maximum atomic E-state index is 12.7. The number of halogens is 6. The van der Waals surface area contributed by atoms with Crippen LogP contribution in [0.15, 0.2) is 57.4 Å². The zero-order valence-electron chi connectivity index (χ0n) is 15.2. The summed E-state index contributed by atoms with van der Waals surface area (Å²) in [5, 5.41) is 3.26. The van der Waals surface area contributed by atoms with Crippen molar-refractivity contribution in [3.63, 3.8) is 0 Å². The summed E-state index contributed by atoms with van der Waals surface area (Å²) in [7, 11) is -2.83. The van der Waals surface area contributed by atoms with Gasteiger partial charge in [0.25, 0.3) is 0 Å². The van der Waals surface area contributed by atoms with Crippen LogP contribution in [0.5, 0.6) is 0 Å². The Morgan fingerprint density at radius 1 is 0.933 bits per heavy atom. The molecular formula is C18H13F6N3O2S. The molecule has 0 saturated heterocycles. The predicted octanol–water partition coefficient (Wildman–Crippen LogP) is 5.70. The number of hydrogen-bond donors (Lipinski definition) is 0. The lowest BCUT2D eigenvalue weighted by molar-refractivity contribution is -0.159. The fraction of sp³-hybridized carbons (Fsp3) is 0.222. The molecule has 1 atom stereocenters. The highest BCUT2D eigenvalue weighted by Gasteiger charge is 2.38. The molecule has 12 heteroatoms. The molecular weight excluding hydrogens is 436 g/mol. The van der Waals surface area contributed by atoms with Gasteiger partial charge < -0.3 is 4.52 Å². The highest BCUT2D eigenvalue weighted by molar-refractivity contribution is 7.92. The van der Waals surface area contributed by atoms with E-state index in [4.69, 9.17) is 0 Å². The first-order valence-corrected chi connectivity index (χ1v) is 10.3. The molecule has 1 aromatic heterocycles. The molecule has 0 aliphatic carbocycles. The second-order valence-electron chi connectivity index (χ2n) is 6.36. The summed E-state index contributed by atoms with van der Waals surface area (Å²) < 4.78 is 96.4. The van der Waals surface area contributed by atoms with Gasteiger partial charge in [0, 0.05) is 11.8 Å². The maximum Gasteiger partial charge on any atom is 0.471 e. The second-order valence-corrected chi connectivity index (χ2v) is 8.75. The van der Waals surface area contributed by atoms with Crippen LogP contribution in [0.3, 0.4) is 0 Å². The van der Waals surface area contributed by atoms with Crippen LogP contribution < -0.4 is 0 Å². The Morgan fingerprint density at radius 2 is 1.53 bits per heavy atom. The number of nitrogens with zero attached hydrogens (tertiary/aromatic N) is 3. The Balaban J connectivity index is 1.77. The number of alkyl halides is 6. The van der Waals surface area contributed by atoms with Gasteiger partial charge in [-0.3, -0.25) is 0 Å². The Hall–Kier alpha value is -2.89. The molecule has 160 valence electrons. The van der Waals surface area contributed by atoms with E-state index in [9.17, 15) is 30.6 Å². The van der Waals surface area contributed by atoms with Gasteiger partial charge in [-0.15, -0.1) is 0 Å². The van der Waals surface area contributed by atoms with Crippen molar-refractivity contribution in [1.82, 2.24) is 10.1 Å². The van der Waals surface area contributed by atoms with Crippen molar-refractivity contribution < 1.29 is 35.1 Å². The number of rotatable bonds is 4. The van der Waals surface area contributed by atoms with Crippen LogP contribution in [0, 0.1) is 0 Å². The zero-order chi connectivity index (χ0) is 22.2. The topological polar surface area (TPSA) is 68.3 Å². The van der Waals surface area contributed by atoms with Crippen LogP contribution in [-0.4, -0.2) is 20.6 Å². The Labute approximate surface area is 166 Å². The van der Waals surface area contributed by atoms with E-state index in [1.807, 2.05) is 0 Å². The normalized spacial score (nSPS) is 14.4. The lowest BCUT2D eigenvalue weighted by atomic mass is 10.1. The molecule has 0 radical (unpaired) electrons. The third-order valence-corrected chi connectivity index (χ3v) is 5.27. The maximum absolute atomic E-state index is 12.7. The van der Waals surface area contributed by atoms with Crippen LogP contribution in [0.1, 0.15) is 17.0 Å². The quantitative estimate of drug-likeness (QED) is 0.479. The van der Waals surface area contributed by atoms with E-state index in [1.165, 1.54) is 42.7 Å². The molecule has 1 heterocycles. The van der Waals surface area contributed by atoms with Crippen molar-refractivity contribution >= 4 is 15.4 Å². The smallest absolute Gasteiger partial charge is 0.329 e.